The number of aliphatic hydroxyl groups excluding tert-OH is 2. The Morgan fingerprint density at radius 3 is 0.928 bits per heavy atom. The molecule has 69 heavy (non-hydrogen) atoms. The Labute approximate surface area is 433 Å². The van der Waals surface area contributed by atoms with Gasteiger partial charge in [-0.1, -0.05) is 319 Å². The Morgan fingerprint density at radius 1 is 0.348 bits per heavy atom. The zero-order chi connectivity index (χ0) is 49.9. The second-order valence-electron chi connectivity index (χ2n) is 21.5. The zero-order valence-electron chi connectivity index (χ0n) is 46.8. The van der Waals surface area contributed by atoms with E-state index in [1.54, 1.807) is 6.08 Å². The van der Waals surface area contributed by atoms with Crippen LogP contribution < -0.4 is 5.32 Å². The average Bonchev–Trinajstić information content (AvgIpc) is 3.35. The number of allylic oxidation sites excluding steroid dienone is 7. The molecule has 0 aliphatic heterocycles. The molecule has 0 saturated carbocycles. The molecule has 2 unspecified atom stereocenters. The van der Waals surface area contributed by atoms with Crippen LogP contribution in [0.1, 0.15) is 341 Å². The summed E-state index contributed by atoms with van der Waals surface area (Å²) in [7, 11) is 0. The third-order valence-corrected chi connectivity index (χ3v) is 14.5. The van der Waals surface area contributed by atoms with Crippen molar-refractivity contribution in [1.82, 2.24) is 5.32 Å². The number of hydrogen-bond donors (Lipinski definition) is 3. The van der Waals surface area contributed by atoms with E-state index in [4.69, 9.17) is 0 Å². The topological polar surface area (TPSA) is 69.6 Å². The second kappa shape index (κ2) is 60.7. The predicted molar refractivity (Wildman–Crippen MR) is 308 cm³/mol. The molecule has 1 amide bonds. The van der Waals surface area contributed by atoms with Crippen molar-refractivity contribution in [3.8, 4) is 0 Å². The van der Waals surface area contributed by atoms with Gasteiger partial charge in [-0.3, -0.25) is 4.79 Å². The van der Waals surface area contributed by atoms with Crippen molar-refractivity contribution in [2.75, 3.05) is 6.61 Å². The lowest BCUT2D eigenvalue weighted by atomic mass is 10.0. The molecule has 4 nitrogen and oxygen atoms in total. The van der Waals surface area contributed by atoms with Crippen molar-refractivity contribution < 1.29 is 15.0 Å². The molecule has 0 aromatic carbocycles. The molecule has 0 heterocycles. The van der Waals surface area contributed by atoms with Crippen LogP contribution in [-0.4, -0.2) is 34.9 Å². The van der Waals surface area contributed by atoms with E-state index in [1.807, 2.05) is 6.08 Å². The maximum atomic E-state index is 12.5. The molecule has 0 bridgehead atoms. The van der Waals surface area contributed by atoms with Crippen LogP contribution >= 0.6 is 0 Å². The molecule has 0 fully saturated rings. The van der Waals surface area contributed by atoms with Crippen molar-refractivity contribution >= 4 is 5.91 Å². The molecule has 0 saturated heterocycles. The van der Waals surface area contributed by atoms with Crippen molar-refractivity contribution in [3.05, 3.63) is 48.6 Å². The van der Waals surface area contributed by atoms with E-state index in [0.29, 0.717) is 6.42 Å². The van der Waals surface area contributed by atoms with Gasteiger partial charge < -0.3 is 15.5 Å². The summed E-state index contributed by atoms with van der Waals surface area (Å²) in [6, 6.07) is -0.637. The number of amides is 1. The predicted octanol–water partition coefficient (Wildman–Crippen LogP) is 21.0. The van der Waals surface area contributed by atoms with Crippen LogP contribution in [0.2, 0.25) is 0 Å². The Bertz CT molecular complexity index is 1090. The van der Waals surface area contributed by atoms with Gasteiger partial charge in [0.15, 0.2) is 0 Å². The van der Waals surface area contributed by atoms with Gasteiger partial charge in [0.05, 0.1) is 18.8 Å². The summed E-state index contributed by atoms with van der Waals surface area (Å²) in [6.45, 7) is 4.31. The number of aliphatic hydroxyl groups is 2. The van der Waals surface area contributed by atoms with Crippen molar-refractivity contribution in [3.63, 3.8) is 0 Å². The summed E-state index contributed by atoms with van der Waals surface area (Å²) in [5, 5.41) is 23.1. The van der Waals surface area contributed by atoms with Gasteiger partial charge in [-0.25, -0.2) is 0 Å². The molecular weight excluding hydrogens is 843 g/mol. The number of carbonyl (C=O) groups excluding carboxylic acids is 1. The van der Waals surface area contributed by atoms with Crippen molar-refractivity contribution in [2.24, 2.45) is 0 Å². The third kappa shape index (κ3) is 57.1. The molecule has 0 rings (SSSR count). The van der Waals surface area contributed by atoms with Crippen molar-refractivity contribution in [2.45, 2.75) is 353 Å². The van der Waals surface area contributed by atoms with Gasteiger partial charge in [-0.2, -0.15) is 0 Å². The standard InChI is InChI=1S/C65H123NO3/c1-3-5-7-9-11-13-15-17-19-21-22-23-24-25-26-27-28-29-30-31-32-33-34-35-36-37-38-39-40-41-42-43-44-45-47-49-51-53-55-57-59-61-65(69)66-63(62-67)64(68)60-58-56-54-52-50-48-46-20-18-16-14-12-10-8-6-4-2/h15,17,21-22,50,52,58,60,63-64,67-68H,3-14,16,18-20,23-49,51,53-57,59,61-62H2,1-2H3,(H,66,69)/b17-15-,22-21-,52-50+,60-58+. The van der Waals surface area contributed by atoms with Crippen LogP contribution in [0.4, 0.5) is 0 Å². The van der Waals surface area contributed by atoms with Gasteiger partial charge in [-0.05, 0) is 64.2 Å². The van der Waals surface area contributed by atoms with E-state index in [0.717, 1.165) is 38.5 Å². The molecule has 2 atom stereocenters. The maximum Gasteiger partial charge on any atom is 0.220 e. The first kappa shape index (κ1) is 67.3. The van der Waals surface area contributed by atoms with Crippen LogP contribution in [-0.2, 0) is 4.79 Å². The maximum absolute atomic E-state index is 12.5. The van der Waals surface area contributed by atoms with E-state index in [1.165, 1.54) is 283 Å². The first-order chi connectivity index (χ1) is 34.2. The minimum Gasteiger partial charge on any atom is -0.394 e. The molecule has 0 radical (unpaired) electrons. The second-order valence-corrected chi connectivity index (χ2v) is 21.5. The van der Waals surface area contributed by atoms with E-state index in [2.05, 4.69) is 55.6 Å². The minimum absolute atomic E-state index is 0.0682. The molecule has 0 aliphatic rings. The molecular formula is C65H123NO3. The van der Waals surface area contributed by atoms with E-state index in [-0.39, 0.29) is 12.5 Å². The molecule has 4 heteroatoms. The first-order valence-corrected chi connectivity index (χ1v) is 31.4. The summed E-state index contributed by atoms with van der Waals surface area (Å²) < 4.78 is 0. The van der Waals surface area contributed by atoms with Crippen molar-refractivity contribution in [1.29, 1.82) is 0 Å². The monoisotopic (exact) mass is 966 g/mol. The fourth-order valence-corrected chi connectivity index (χ4v) is 9.76. The summed E-state index contributed by atoms with van der Waals surface area (Å²) in [6.07, 6.45) is 84.6. The van der Waals surface area contributed by atoms with Crippen LogP contribution in [0.25, 0.3) is 0 Å². The van der Waals surface area contributed by atoms with Gasteiger partial charge in [-0.15, -0.1) is 0 Å². The van der Waals surface area contributed by atoms with Gasteiger partial charge in [0, 0.05) is 6.42 Å². The Balaban J connectivity index is 3.39. The fourth-order valence-electron chi connectivity index (χ4n) is 9.76. The van der Waals surface area contributed by atoms with Gasteiger partial charge in [0.25, 0.3) is 0 Å². The molecule has 0 aliphatic carbocycles. The Hall–Kier alpha value is -1.65. The average molecular weight is 967 g/mol. The number of carbonyl (C=O) groups is 1. The summed E-state index contributed by atoms with van der Waals surface area (Å²) in [5.41, 5.74) is 0. The largest absolute Gasteiger partial charge is 0.394 e. The Kier molecular flexibility index (Phi) is 59.2. The molecule has 3 N–H and O–H groups in total. The highest BCUT2D eigenvalue weighted by Crippen LogP contribution is 2.18. The van der Waals surface area contributed by atoms with Crippen LogP contribution in [0.3, 0.4) is 0 Å². The quantitative estimate of drug-likeness (QED) is 0.0420. The molecule has 0 aromatic heterocycles. The zero-order valence-corrected chi connectivity index (χ0v) is 46.8. The normalized spacial score (nSPS) is 13.0. The lowest BCUT2D eigenvalue weighted by Gasteiger charge is -2.19. The number of nitrogens with one attached hydrogen (secondary N) is 1. The summed E-state index contributed by atoms with van der Waals surface area (Å²) in [5.74, 6) is -0.0682. The Morgan fingerprint density at radius 2 is 0.609 bits per heavy atom. The third-order valence-electron chi connectivity index (χ3n) is 14.5. The highest BCUT2D eigenvalue weighted by atomic mass is 16.3. The number of unbranched alkanes of at least 4 members (excludes halogenated alkanes) is 45. The SMILES string of the molecule is CCCCCCC/C=C\C/C=C\CCCCCCCCCCCCCCCCCCCCCCCCCCCCCCCC(=O)NC(CO)C(O)/C=C/CC/C=C/CCCCCCCCCCCC. The van der Waals surface area contributed by atoms with E-state index in [9.17, 15) is 15.0 Å². The van der Waals surface area contributed by atoms with Crippen LogP contribution in [0, 0.1) is 0 Å². The van der Waals surface area contributed by atoms with Gasteiger partial charge >= 0.3 is 0 Å². The lowest BCUT2D eigenvalue weighted by molar-refractivity contribution is -0.123. The van der Waals surface area contributed by atoms with E-state index >= 15 is 0 Å². The van der Waals surface area contributed by atoms with Gasteiger partial charge in [0.1, 0.15) is 0 Å². The van der Waals surface area contributed by atoms with Crippen LogP contribution in [0.15, 0.2) is 48.6 Å². The van der Waals surface area contributed by atoms with Crippen LogP contribution in [0.5, 0.6) is 0 Å². The smallest absolute Gasteiger partial charge is 0.220 e. The highest BCUT2D eigenvalue weighted by Gasteiger charge is 2.18. The molecule has 0 spiro atoms. The summed E-state index contributed by atoms with van der Waals surface area (Å²) in [4.78, 5) is 12.5. The number of hydrogen-bond acceptors (Lipinski definition) is 3. The molecule has 406 valence electrons. The first-order valence-electron chi connectivity index (χ1n) is 31.4. The molecule has 0 aromatic rings. The number of rotatable bonds is 58. The minimum atomic E-state index is -0.861. The fraction of sp³-hybridized carbons (Fsp3) is 0.862. The summed E-state index contributed by atoms with van der Waals surface area (Å²) >= 11 is 0. The van der Waals surface area contributed by atoms with E-state index < -0.39 is 12.1 Å². The highest BCUT2D eigenvalue weighted by molar-refractivity contribution is 5.76. The van der Waals surface area contributed by atoms with Gasteiger partial charge in [0.2, 0.25) is 5.91 Å². The lowest BCUT2D eigenvalue weighted by Crippen LogP contribution is -2.45.